The number of nitrogens with one attached hydrogen (secondary N) is 1. The van der Waals surface area contributed by atoms with Crippen molar-refractivity contribution in [2.24, 2.45) is 0 Å². The molecule has 0 aliphatic heterocycles. The van der Waals surface area contributed by atoms with Gasteiger partial charge in [-0.1, -0.05) is 0 Å². The number of nitro groups is 1. The van der Waals surface area contributed by atoms with Gasteiger partial charge in [0.2, 0.25) is 5.75 Å². The maximum absolute atomic E-state index is 12.4. The van der Waals surface area contributed by atoms with Crippen molar-refractivity contribution in [3.8, 4) is 17.6 Å². The fourth-order valence-corrected chi connectivity index (χ4v) is 3.19. The van der Waals surface area contributed by atoms with Crippen molar-refractivity contribution in [1.82, 2.24) is 0 Å². The van der Waals surface area contributed by atoms with Crippen LogP contribution in [-0.4, -0.2) is 24.5 Å². The van der Waals surface area contributed by atoms with Crippen molar-refractivity contribution in [2.75, 3.05) is 19.0 Å². The summed E-state index contributed by atoms with van der Waals surface area (Å²) in [4.78, 5) is 23.0. The molecule has 9 heteroatoms. The topological polar surface area (TPSA) is 114 Å². The van der Waals surface area contributed by atoms with Crippen LogP contribution in [0.5, 0.6) is 11.5 Å². The van der Waals surface area contributed by atoms with Crippen LogP contribution in [0, 0.1) is 25.0 Å². The Morgan fingerprint density at radius 3 is 2.57 bits per heavy atom. The minimum atomic E-state index is -0.625. The van der Waals surface area contributed by atoms with Gasteiger partial charge in [-0.2, -0.15) is 5.26 Å². The quantitative estimate of drug-likeness (QED) is 0.204. The summed E-state index contributed by atoms with van der Waals surface area (Å²) in [6.07, 6.45) is 1.29. The Balaban J connectivity index is 2.29. The van der Waals surface area contributed by atoms with Gasteiger partial charge in [0.25, 0.3) is 5.91 Å². The number of carbonyl (C=O) groups is 1. The second kappa shape index (κ2) is 9.70. The predicted molar refractivity (Wildman–Crippen MR) is 112 cm³/mol. The number of ether oxygens (including phenoxy) is 2. The Hall–Kier alpha value is -3.13. The minimum absolute atomic E-state index is 0.125. The van der Waals surface area contributed by atoms with Gasteiger partial charge in [0.15, 0.2) is 0 Å². The van der Waals surface area contributed by atoms with Gasteiger partial charge in [-0.25, -0.2) is 0 Å². The van der Waals surface area contributed by atoms with Crippen LogP contribution in [0.25, 0.3) is 6.08 Å². The molecule has 0 fully saturated rings. The summed E-state index contributed by atoms with van der Waals surface area (Å²) in [5.74, 6) is 0.164. The van der Waals surface area contributed by atoms with Crippen LogP contribution in [0.2, 0.25) is 0 Å². The minimum Gasteiger partial charge on any atom is -0.494 e. The molecule has 1 amide bonds. The van der Waals surface area contributed by atoms with E-state index in [0.29, 0.717) is 27.2 Å². The lowest BCUT2D eigenvalue weighted by atomic mass is 10.1. The van der Waals surface area contributed by atoms with E-state index in [9.17, 15) is 20.2 Å². The van der Waals surface area contributed by atoms with Crippen LogP contribution in [0.3, 0.4) is 0 Å². The van der Waals surface area contributed by atoms with Crippen molar-refractivity contribution in [1.29, 1.82) is 5.26 Å². The third-order valence-corrected chi connectivity index (χ3v) is 4.35. The highest BCUT2D eigenvalue weighted by Crippen LogP contribution is 2.34. The number of nitrogens with zero attached hydrogens (tertiary/aromatic N) is 2. The third-order valence-electron chi connectivity index (χ3n) is 3.55. The molecule has 28 heavy (non-hydrogen) atoms. The number of amides is 1. The van der Waals surface area contributed by atoms with E-state index in [1.165, 1.54) is 19.3 Å². The van der Waals surface area contributed by atoms with Gasteiger partial charge in [0.1, 0.15) is 17.4 Å². The summed E-state index contributed by atoms with van der Waals surface area (Å²) in [5.41, 5.74) is 0.397. The van der Waals surface area contributed by atoms with Crippen LogP contribution in [-0.2, 0) is 4.79 Å². The Morgan fingerprint density at radius 2 is 2.04 bits per heavy atom. The molecule has 0 aliphatic rings. The number of rotatable bonds is 7. The molecule has 8 nitrogen and oxygen atoms in total. The normalized spacial score (nSPS) is 10.7. The number of halogens is 1. The zero-order chi connectivity index (χ0) is 20.7. The Morgan fingerprint density at radius 1 is 1.36 bits per heavy atom. The molecule has 0 aromatic heterocycles. The molecule has 1 N–H and O–H groups in total. The first-order chi connectivity index (χ1) is 13.4. The Kier molecular flexibility index (Phi) is 7.34. The summed E-state index contributed by atoms with van der Waals surface area (Å²) < 4.78 is 10.9. The number of nitro benzene ring substituents is 1. The van der Waals surface area contributed by atoms with E-state index in [1.807, 2.05) is 35.6 Å². The van der Waals surface area contributed by atoms with Crippen molar-refractivity contribution in [3.63, 3.8) is 0 Å². The zero-order valence-corrected chi connectivity index (χ0v) is 17.2. The summed E-state index contributed by atoms with van der Waals surface area (Å²) in [7, 11) is 1.34. The number of carbonyl (C=O) groups excluding carboxylic acids is 1. The average Bonchev–Trinajstić information content (AvgIpc) is 2.67. The van der Waals surface area contributed by atoms with E-state index < -0.39 is 10.8 Å². The van der Waals surface area contributed by atoms with Gasteiger partial charge in [0.05, 0.1) is 22.2 Å². The molecule has 0 heterocycles. The molecule has 2 rings (SSSR count). The van der Waals surface area contributed by atoms with Crippen molar-refractivity contribution >= 4 is 45.9 Å². The van der Waals surface area contributed by atoms with Gasteiger partial charge >= 0.3 is 5.69 Å². The second-order valence-electron chi connectivity index (χ2n) is 5.39. The van der Waals surface area contributed by atoms with Crippen LogP contribution in [0.4, 0.5) is 11.4 Å². The van der Waals surface area contributed by atoms with Gasteiger partial charge in [-0.3, -0.25) is 14.9 Å². The molecule has 2 aromatic rings. The molecule has 0 radical (unpaired) electrons. The number of anilines is 1. The molecule has 0 bridgehead atoms. The van der Waals surface area contributed by atoms with E-state index in [2.05, 4.69) is 5.32 Å². The van der Waals surface area contributed by atoms with Crippen LogP contribution in [0.15, 0.2) is 42.0 Å². The first-order valence-electron chi connectivity index (χ1n) is 8.07. The monoisotopic (exact) mass is 493 g/mol. The summed E-state index contributed by atoms with van der Waals surface area (Å²) >= 11 is 1.90. The number of benzene rings is 2. The molecule has 144 valence electrons. The van der Waals surface area contributed by atoms with Crippen LogP contribution >= 0.6 is 22.6 Å². The van der Waals surface area contributed by atoms with Gasteiger partial charge in [0, 0.05) is 11.8 Å². The Bertz CT molecular complexity index is 965. The molecule has 0 unspecified atom stereocenters. The maximum Gasteiger partial charge on any atom is 0.312 e. The smallest absolute Gasteiger partial charge is 0.312 e. The van der Waals surface area contributed by atoms with Crippen molar-refractivity contribution in [2.45, 2.75) is 6.92 Å². The highest BCUT2D eigenvalue weighted by atomic mass is 127. The fraction of sp³-hybridized carbons (Fsp3) is 0.158. The van der Waals surface area contributed by atoms with Gasteiger partial charge in [-0.05, 0) is 71.5 Å². The molecule has 0 saturated heterocycles. The standard InChI is InChI=1S/C19H16IN3O5/c1-3-28-15-6-4-14(5-7-15)22-19(24)13(11-21)8-12-9-16(20)18(27-2)17(10-12)23(25)26/h4-10H,3H2,1-2H3,(H,22,24). The lowest BCUT2D eigenvalue weighted by molar-refractivity contribution is -0.385. The largest absolute Gasteiger partial charge is 0.494 e. The number of methoxy groups -OCH3 is 1. The van der Waals surface area contributed by atoms with Gasteiger partial charge in [-0.15, -0.1) is 0 Å². The van der Waals surface area contributed by atoms with E-state index in [1.54, 1.807) is 30.3 Å². The van der Waals surface area contributed by atoms with E-state index in [4.69, 9.17) is 9.47 Å². The van der Waals surface area contributed by atoms with Crippen molar-refractivity contribution in [3.05, 3.63) is 61.2 Å². The highest BCUT2D eigenvalue weighted by Gasteiger charge is 2.20. The zero-order valence-electron chi connectivity index (χ0n) is 15.1. The molecule has 0 atom stereocenters. The van der Waals surface area contributed by atoms with Crippen LogP contribution in [0.1, 0.15) is 12.5 Å². The summed E-state index contributed by atoms with van der Waals surface area (Å²) in [6.45, 7) is 2.39. The van der Waals surface area contributed by atoms with Gasteiger partial charge < -0.3 is 14.8 Å². The molecule has 2 aromatic carbocycles. The van der Waals surface area contributed by atoms with Crippen LogP contribution < -0.4 is 14.8 Å². The van der Waals surface area contributed by atoms with E-state index in [0.717, 1.165) is 0 Å². The molecule has 0 spiro atoms. The molecule has 0 saturated carbocycles. The second-order valence-corrected chi connectivity index (χ2v) is 6.56. The van der Waals surface area contributed by atoms with Crippen molar-refractivity contribution < 1.29 is 19.2 Å². The SMILES string of the molecule is CCOc1ccc(NC(=O)C(C#N)=Cc2cc(I)c(OC)c([N+](=O)[O-])c2)cc1. The maximum atomic E-state index is 12.4. The first-order valence-corrected chi connectivity index (χ1v) is 9.15. The summed E-state index contributed by atoms with van der Waals surface area (Å²) in [5, 5.41) is 23.2. The molecule has 0 aliphatic carbocycles. The Labute approximate surface area is 175 Å². The van der Waals surface area contributed by atoms with E-state index in [-0.39, 0.29) is 17.0 Å². The lowest BCUT2D eigenvalue weighted by Gasteiger charge is -2.08. The lowest BCUT2D eigenvalue weighted by Crippen LogP contribution is -2.13. The third kappa shape index (κ3) is 5.20. The molecular weight excluding hydrogens is 477 g/mol. The average molecular weight is 493 g/mol. The number of nitriles is 1. The number of hydrogen-bond donors (Lipinski definition) is 1. The molecular formula is C19H16IN3O5. The van der Waals surface area contributed by atoms with E-state index >= 15 is 0 Å². The highest BCUT2D eigenvalue weighted by molar-refractivity contribution is 14.1. The predicted octanol–water partition coefficient (Wildman–Crippen LogP) is 4.15. The summed E-state index contributed by atoms with van der Waals surface area (Å²) in [6, 6.07) is 11.4. The fourth-order valence-electron chi connectivity index (χ4n) is 2.34. The first kappa shape index (κ1) is 21.2. The number of hydrogen-bond acceptors (Lipinski definition) is 6.